The van der Waals surface area contributed by atoms with Crippen LogP contribution in [0.15, 0.2) is 217 Å². The summed E-state index contributed by atoms with van der Waals surface area (Å²) in [4.78, 5) is 2.28. The molecule has 0 saturated carbocycles. The molecule has 0 bridgehead atoms. The highest BCUT2D eigenvalue weighted by molar-refractivity contribution is 5.92. The van der Waals surface area contributed by atoms with Gasteiger partial charge in [0.2, 0.25) is 11.8 Å². The van der Waals surface area contributed by atoms with Crippen LogP contribution in [0.4, 0.5) is 17.1 Å². The van der Waals surface area contributed by atoms with Gasteiger partial charge in [-0.15, -0.1) is 10.2 Å². The number of rotatable bonds is 8. The highest BCUT2D eigenvalue weighted by Gasteiger charge is 2.16. The molecule has 0 aliphatic heterocycles. The Labute approximate surface area is 310 Å². The van der Waals surface area contributed by atoms with Crippen LogP contribution < -0.4 is 4.90 Å². The summed E-state index contributed by atoms with van der Waals surface area (Å²) >= 11 is 0. The molecule has 1 aliphatic carbocycles. The van der Waals surface area contributed by atoms with Gasteiger partial charge in [0.1, 0.15) is 0 Å². The first-order valence-electron chi connectivity index (χ1n) is 17.8. The number of aromatic nitrogens is 2. The molecular weight excluding hydrogens is 647 g/mol. The fourth-order valence-electron chi connectivity index (χ4n) is 6.62. The van der Waals surface area contributed by atoms with Crippen LogP contribution in [0.1, 0.15) is 12.3 Å². The van der Waals surface area contributed by atoms with Crippen molar-refractivity contribution in [3.63, 3.8) is 0 Å². The maximum absolute atomic E-state index is 6.17. The number of anilines is 3. The normalized spacial score (nSPS) is 14.6. The topological polar surface area (TPSA) is 42.2 Å². The van der Waals surface area contributed by atoms with E-state index in [2.05, 4.69) is 167 Å². The van der Waals surface area contributed by atoms with Crippen molar-refractivity contribution < 1.29 is 4.42 Å². The molecule has 7 aromatic rings. The molecule has 254 valence electrons. The summed E-state index contributed by atoms with van der Waals surface area (Å²) in [6.45, 7) is 4.13. The lowest BCUT2D eigenvalue weighted by molar-refractivity contribution is 0.554. The maximum Gasteiger partial charge on any atom is 0.248 e. The lowest BCUT2D eigenvalue weighted by Crippen LogP contribution is -2.09. The van der Waals surface area contributed by atoms with Crippen molar-refractivity contribution in [1.82, 2.24) is 10.2 Å². The third-order valence-corrected chi connectivity index (χ3v) is 9.19. The third-order valence-electron chi connectivity index (χ3n) is 9.19. The average molecular weight is 684 g/mol. The highest BCUT2D eigenvalue weighted by Crippen LogP contribution is 2.40. The van der Waals surface area contributed by atoms with Gasteiger partial charge in [0.15, 0.2) is 0 Å². The quantitative estimate of drug-likeness (QED) is 0.160. The lowest BCUT2D eigenvalue weighted by Gasteiger charge is -2.25. The van der Waals surface area contributed by atoms with Crippen LogP contribution in [0.5, 0.6) is 0 Å². The summed E-state index contributed by atoms with van der Waals surface area (Å²) in [6.07, 6.45) is 14.9. The summed E-state index contributed by atoms with van der Waals surface area (Å²) in [5.74, 6) is 0.932. The molecule has 6 aromatic carbocycles. The smallest absolute Gasteiger partial charge is 0.248 e. The number of para-hydroxylation sites is 2. The largest absolute Gasteiger partial charge is 0.416 e. The van der Waals surface area contributed by atoms with Gasteiger partial charge in [0, 0.05) is 28.2 Å². The molecule has 4 heteroatoms. The molecule has 0 radical (unpaired) electrons. The van der Waals surface area contributed by atoms with E-state index in [1.54, 1.807) is 0 Å². The van der Waals surface area contributed by atoms with Crippen molar-refractivity contribution in [1.29, 1.82) is 0 Å². The van der Waals surface area contributed by atoms with Gasteiger partial charge in [-0.3, -0.25) is 0 Å². The number of benzene rings is 6. The molecule has 0 N–H and O–H groups in total. The molecule has 0 spiro atoms. The van der Waals surface area contributed by atoms with E-state index < -0.39 is 0 Å². The van der Waals surface area contributed by atoms with Crippen molar-refractivity contribution in [3.8, 4) is 44.8 Å². The second-order valence-electron chi connectivity index (χ2n) is 12.7. The average Bonchev–Trinajstić information content (AvgIpc) is 3.72. The third kappa shape index (κ3) is 7.39. The number of nitrogens with zero attached hydrogens (tertiary/aromatic N) is 3. The van der Waals surface area contributed by atoms with Gasteiger partial charge >= 0.3 is 0 Å². The van der Waals surface area contributed by atoms with Gasteiger partial charge in [-0.1, -0.05) is 152 Å². The first kappa shape index (κ1) is 33.1. The Hall–Kier alpha value is -7.04. The minimum atomic E-state index is 0.460. The SMILES string of the molecule is C=C1C=C(c2nnc(-c3ccc(-c4ccccc4-c4ccccc4-c4ccc(N(c5ccccc5)c5ccccc5)cc4)cc3)o2)/C=C\C/C=C\C=C/1. The molecule has 4 nitrogen and oxygen atoms in total. The molecule has 0 atom stereocenters. The van der Waals surface area contributed by atoms with E-state index >= 15 is 0 Å². The Kier molecular flexibility index (Phi) is 9.66. The predicted octanol–water partition coefficient (Wildman–Crippen LogP) is 13.2. The van der Waals surface area contributed by atoms with E-state index in [4.69, 9.17) is 4.42 Å². The van der Waals surface area contributed by atoms with Gasteiger partial charge < -0.3 is 9.32 Å². The molecule has 1 aromatic heterocycles. The Balaban J connectivity index is 1.08. The number of hydrogen-bond donors (Lipinski definition) is 0. The van der Waals surface area contributed by atoms with Crippen LogP contribution >= 0.6 is 0 Å². The van der Waals surface area contributed by atoms with Crippen LogP contribution in [0.25, 0.3) is 50.4 Å². The fourth-order valence-corrected chi connectivity index (χ4v) is 6.62. The summed E-state index contributed by atoms with van der Waals surface area (Å²) in [7, 11) is 0. The molecule has 0 fully saturated rings. The summed E-state index contributed by atoms with van der Waals surface area (Å²) in [6, 6.07) is 55.4. The minimum absolute atomic E-state index is 0.460. The second-order valence-corrected chi connectivity index (χ2v) is 12.7. The standard InChI is InChI=1S/C49H37N3O/c1-36-17-7-3-2-4-8-18-40(35-36)49-51-50-48(53-49)39-29-27-37(28-30-39)44-23-13-15-25-46(44)47-26-16-14-24-45(47)38-31-33-43(34-32-38)52(41-19-9-5-10-20-41)42-21-11-6-12-22-42/h2-3,5-35H,1,4H2/b3-2-,17-7-,18-8-,40-35?. The Morgan fingerprint density at radius 3 is 1.55 bits per heavy atom. The van der Waals surface area contributed by atoms with E-state index in [1.165, 1.54) is 11.1 Å². The Bertz CT molecular complexity index is 2430. The van der Waals surface area contributed by atoms with Gasteiger partial charge in [-0.25, -0.2) is 0 Å². The van der Waals surface area contributed by atoms with Gasteiger partial charge in [-0.05, 0) is 100.0 Å². The fraction of sp³-hybridized carbons (Fsp3) is 0.0204. The van der Waals surface area contributed by atoms with Crippen molar-refractivity contribution >= 4 is 22.6 Å². The van der Waals surface area contributed by atoms with Crippen molar-refractivity contribution in [2.45, 2.75) is 6.42 Å². The number of allylic oxidation sites excluding steroid dienone is 9. The van der Waals surface area contributed by atoms with E-state index in [1.807, 2.05) is 54.6 Å². The first-order chi connectivity index (χ1) is 26.2. The lowest BCUT2D eigenvalue weighted by atomic mass is 9.89. The van der Waals surface area contributed by atoms with E-state index in [-0.39, 0.29) is 0 Å². The van der Waals surface area contributed by atoms with Gasteiger partial charge in [-0.2, -0.15) is 0 Å². The predicted molar refractivity (Wildman–Crippen MR) is 220 cm³/mol. The molecule has 53 heavy (non-hydrogen) atoms. The molecule has 1 heterocycles. The first-order valence-corrected chi connectivity index (χ1v) is 17.8. The molecule has 0 unspecified atom stereocenters. The van der Waals surface area contributed by atoms with Crippen LogP contribution in [0.3, 0.4) is 0 Å². The number of hydrogen-bond acceptors (Lipinski definition) is 4. The van der Waals surface area contributed by atoms with Crippen molar-refractivity contribution in [2.24, 2.45) is 0 Å². The molecule has 1 aliphatic rings. The van der Waals surface area contributed by atoms with Gasteiger partial charge in [0.25, 0.3) is 0 Å². The summed E-state index contributed by atoms with van der Waals surface area (Å²) < 4.78 is 6.17. The zero-order chi connectivity index (χ0) is 35.8. The molecule has 0 saturated heterocycles. The van der Waals surface area contributed by atoms with E-state index in [0.29, 0.717) is 11.8 Å². The maximum atomic E-state index is 6.17. The monoisotopic (exact) mass is 683 g/mol. The van der Waals surface area contributed by atoms with Crippen LogP contribution in [0, 0.1) is 0 Å². The summed E-state index contributed by atoms with van der Waals surface area (Å²) in [5, 5.41) is 8.76. The van der Waals surface area contributed by atoms with E-state index in [0.717, 1.165) is 62.4 Å². The zero-order valence-corrected chi connectivity index (χ0v) is 29.2. The van der Waals surface area contributed by atoms with Crippen LogP contribution in [0.2, 0.25) is 0 Å². The zero-order valence-electron chi connectivity index (χ0n) is 29.2. The minimum Gasteiger partial charge on any atom is -0.416 e. The highest BCUT2D eigenvalue weighted by atomic mass is 16.4. The Morgan fingerprint density at radius 1 is 0.453 bits per heavy atom. The second kappa shape index (κ2) is 15.5. The van der Waals surface area contributed by atoms with Crippen molar-refractivity contribution in [3.05, 3.63) is 218 Å². The van der Waals surface area contributed by atoms with Crippen LogP contribution in [-0.2, 0) is 0 Å². The summed E-state index contributed by atoms with van der Waals surface area (Å²) in [5.41, 5.74) is 12.8. The van der Waals surface area contributed by atoms with Crippen LogP contribution in [-0.4, -0.2) is 10.2 Å². The van der Waals surface area contributed by atoms with E-state index in [9.17, 15) is 0 Å². The molecular formula is C49H37N3O. The van der Waals surface area contributed by atoms with Gasteiger partial charge in [0.05, 0.1) is 0 Å². The Morgan fingerprint density at radius 2 is 0.943 bits per heavy atom. The van der Waals surface area contributed by atoms with Crippen molar-refractivity contribution in [2.75, 3.05) is 4.90 Å². The molecule has 8 rings (SSSR count). The molecule has 0 amide bonds.